The number of anilines is 3. The summed E-state index contributed by atoms with van der Waals surface area (Å²) in [4.78, 5) is 20.1. The topological polar surface area (TPSA) is 137 Å². The Morgan fingerprint density at radius 2 is 1.81 bits per heavy atom. The van der Waals surface area contributed by atoms with E-state index in [2.05, 4.69) is 31.0 Å². The molecule has 6 rings (SSSR count). The van der Waals surface area contributed by atoms with Crippen molar-refractivity contribution >= 4 is 44.4 Å². The quantitative estimate of drug-likeness (QED) is 0.201. The highest BCUT2D eigenvalue weighted by molar-refractivity contribution is 7.89. The number of benzene rings is 1. The second-order valence-corrected chi connectivity index (χ2v) is 14.4. The van der Waals surface area contributed by atoms with E-state index in [4.69, 9.17) is 15.2 Å². The highest BCUT2D eigenvalue weighted by atomic mass is 32.2. The number of aromatic nitrogens is 4. The van der Waals surface area contributed by atoms with Crippen LogP contribution >= 0.6 is 11.3 Å². The third kappa shape index (κ3) is 7.10. The average Bonchev–Trinajstić information content (AvgIpc) is 3.52. The van der Waals surface area contributed by atoms with Gasteiger partial charge < -0.3 is 10.2 Å². The van der Waals surface area contributed by atoms with Crippen LogP contribution in [0.2, 0.25) is 0 Å². The van der Waals surface area contributed by atoms with Gasteiger partial charge in [0.1, 0.15) is 23.6 Å². The smallest absolute Gasteiger partial charge is 0.247 e. The molecule has 1 aromatic carbocycles. The Bertz CT molecular complexity index is 2000. The number of hydrogen-bond acceptors (Lipinski definition) is 10. The van der Waals surface area contributed by atoms with Crippen LogP contribution in [0.5, 0.6) is 0 Å². The molecule has 4 aromatic rings. The van der Waals surface area contributed by atoms with Crippen molar-refractivity contribution < 1.29 is 21.6 Å². The fraction of sp³-hybridized carbons (Fsp3) is 0.303. The molecule has 1 saturated heterocycles. The largest absolute Gasteiger partial charge is 0.357 e. The summed E-state index contributed by atoms with van der Waals surface area (Å²) in [6.07, 6.45) is 7.11. The van der Waals surface area contributed by atoms with Gasteiger partial charge in [0.2, 0.25) is 16.0 Å². The lowest BCUT2D eigenvalue weighted by Crippen LogP contribution is -2.41. The zero-order chi connectivity index (χ0) is 34.0. The molecular weight excluding hydrogens is 662 g/mol. The molecule has 0 saturated carbocycles. The van der Waals surface area contributed by atoms with E-state index in [-0.39, 0.29) is 11.8 Å². The first-order chi connectivity index (χ1) is 23.0. The predicted molar refractivity (Wildman–Crippen MR) is 178 cm³/mol. The zero-order valence-corrected chi connectivity index (χ0v) is 27.6. The van der Waals surface area contributed by atoms with Gasteiger partial charge in [-0.3, -0.25) is 0 Å². The summed E-state index contributed by atoms with van der Waals surface area (Å²) in [6, 6.07) is 9.06. The Kier molecular flexibility index (Phi) is 9.58. The van der Waals surface area contributed by atoms with E-state index >= 15 is 4.39 Å². The molecule has 248 valence electrons. The molecule has 1 aliphatic carbocycles. The summed E-state index contributed by atoms with van der Waals surface area (Å²) in [5.41, 5.74) is 2.06. The van der Waals surface area contributed by atoms with Crippen molar-refractivity contribution in [3.63, 3.8) is 0 Å². The maximum atomic E-state index is 15.1. The molecule has 2 atom stereocenters. The second kappa shape index (κ2) is 13.8. The third-order valence-electron chi connectivity index (χ3n) is 7.95. The summed E-state index contributed by atoms with van der Waals surface area (Å²) in [5.74, 6) is -1.32. The molecule has 0 amide bonds. The van der Waals surface area contributed by atoms with Crippen LogP contribution in [0.3, 0.4) is 0 Å². The predicted octanol–water partition coefficient (Wildman–Crippen LogP) is 6.52. The number of nitrogens with one attached hydrogen (secondary N) is 2. The number of rotatable bonds is 9. The van der Waals surface area contributed by atoms with E-state index < -0.39 is 38.8 Å². The van der Waals surface area contributed by atoms with Crippen LogP contribution < -0.4 is 14.9 Å². The van der Waals surface area contributed by atoms with E-state index in [1.165, 1.54) is 29.6 Å². The summed E-state index contributed by atoms with van der Waals surface area (Å²) in [5, 5.41) is 13.1. The minimum absolute atomic E-state index is 0.0395. The van der Waals surface area contributed by atoms with Gasteiger partial charge in [-0.2, -0.15) is 5.26 Å². The van der Waals surface area contributed by atoms with E-state index in [9.17, 15) is 17.2 Å². The first-order valence-corrected chi connectivity index (χ1v) is 17.5. The highest BCUT2D eigenvalue weighted by Crippen LogP contribution is 2.38. The van der Waals surface area contributed by atoms with Crippen molar-refractivity contribution in [1.82, 2.24) is 24.7 Å². The molecule has 0 radical (unpaired) electrons. The van der Waals surface area contributed by atoms with Gasteiger partial charge in [0.25, 0.3) is 0 Å². The number of nitrogens with zero attached hydrogens (tertiary/aromatic N) is 6. The Labute approximate surface area is 280 Å². The molecular formula is C33H31F3N8O2S2. The number of alkyl halides is 1. The Morgan fingerprint density at radius 3 is 2.48 bits per heavy atom. The van der Waals surface area contributed by atoms with Crippen molar-refractivity contribution in [2.75, 3.05) is 23.3 Å². The van der Waals surface area contributed by atoms with Crippen LogP contribution in [0, 0.1) is 28.9 Å². The molecule has 15 heteroatoms. The minimum atomic E-state index is -4.76. The minimum Gasteiger partial charge on any atom is -0.357 e. The van der Waals surface area contributed by atoms with Crippen LogP contribution in [0.4, 0.5) is 30.6 Å². The second-order valence-electron chi connectivity index (χ2n) is 11.7. The lowest BCUT2D eigenvalue weighted by Gasteiger charge is -2.30. The van der Waals surface area contributed by atoms with Gasteiger partial charge >= 0.3 is 0 Å². The molecule has 1 aliphatic heterocycles. The third-order valence-corrected chi connectivity index (χ3v) is 10.8. The molecule has 48 heavy (non-hydrogen) atoms. The molecule has 0 bridgehead atoms. The number of allylic oxidation sites excluding steroid dienone is 2. The van der Waals surface area contributed by atoms with Gasteiger partial charge in [-0.1, -0.05) is 32.1 Å². The number of halogens is 3. The normalized spacial score (nSPS) is 18.5. The van der Waals surface area contributed by atoms with Crippen molar-refractivity contribution in [3.8, 4) is 16.6 Å². The van der Waals surface area contributed by atoms with Gasteiger partial charge in [-0.25, -0.2) is 46.2 Å². The van der Waals surface area contributed by atoms with E-state index in [0.29, 0.717) is 33.5 Å². The molecule has 2 unspecified atom stereocenters. The highest BCUT2D eigenvalue weighted by Gasteiger charge is 2.32. The summed E-state index contributed by atoms with van der Waals surface area (Å²) >= 11 is 1.39. The van der Waals surface area contributed by atoms with Crippen molar-refractivity contribution in [3.05, 3.63) is 89.4 Å². The van der Waals surface area contributed by atoms with Gasteiger partial charge in [-0.05, 0) is 54.8 Å². The molecule has 10 nitrogen and oxygen atoms in total. The molecule has 3 aromatic heterocycles. The monoisotopic (exact) mass is 692 g/mol. The van der Waals surface area contributed by atoms with Crippen molar-refractivity contribution in [1.29, 1.82) is 5.26 Å². The summed E-state index contributed by atoms with van der Waals surface area (Å²) in [6.45, 7) is 5.49. The van der Waals surface area contributed by atoms with Gasteiger partial charge in [0.05, 0.1) is 45.3 Å². The molecule has 0 spiro atoms. The molecule has 2 aliphatic rings. The first kappa shape index (κ1) is 33.3. The fourth-order valence-corrected chi connectivity index (χ4v) is 7.79. The van der Waals surface area contributed by atoms with Gasteiger partial charge in [0, 0.05) is 31.1 Å². The molecule has 4 heterocycles. The van der Waals surface area contributed by atoms with Gasteiger partial charge in [0.15, 0.2) is 4.90 Å². The number of hydrogen-bond donors (Lipinski definition) is 2. The van der Waals surface area contributed by atoms with E-state index in [1.807, 2.05) is 26.0 Å². The zero-order valence-electron chi connectivity index (χ0n) is 25.9. The summed E-state index contributed by atoms with van der Waals surface area (Å²) < 4.78 is 71.7. The van der Waals surface area contributed by atoms with E-state index in [1.54, 1.807) is 18.5 Å². The van der Waals surface area contributed by atoms with E-state index in [0.717, 1.165) is 55.0 Å². The number of piperidine rings is 1. The lowest BCUT2D eigenvalue weighted by atomic mass is 9.98. The van der Waals surface area contributed by atoms with Crippen LogP contribution in [-0.2, 0) is 10.0 Å². The first-order valence-electron chi connectivity index (χ1n) is 15.2. The maximum absolute atomic E-state index is 15.1. The number of sulfonamides is 1. The number of nitriles is 1. The Hall–Kier alpha value is -4.65. The fourth-order valence-electron chi connectivity index (χ4n) is 5.40. The van der Waals surface area contributed by atoms with Crippen molar-refractivity contribution in [2.45, 2.75) is 49.7 Å². The van der Waals surface area contributed by atoms with Crippen molar-refractivity contribution in [2.24, 2.45) is 5.92 Å². The SMILES string of the molecule is CC(C)c1nc(C2=CC(NS(=O)(=O)c3c(F)cccc3F)C(F)C=C2)c(-c2ccnc(Nc3ccc(N4CCC(C#N)CC4)nc3)n2)s1. The van der Waals surface area contributed by atoms with Crippen LogP contribution in [-0.4, -0.2) is 53.7 Å². The molecule has 1 fully saturated rings. The molecule has 2 N–H and O–H groups in total. The number of pyridine rings is 1. The van der Waals surface area contributed by atoms with Crippen LogP contribution in [0.1, 0.15) is 43.3 Å². The van der Waals surface area contributed by atoms with Gasteiger partial charge in [-0.15, -0.1) is 11.3 Å². The average molecular weight is 693 g/mol. The number of thiazole rings is 1. The Morgan fingerprint density at radius 1 is 1.06 bits per heavy atom. The van der Waals surface area contributed by atoms with Crippen LogP contribution in [0.15, 0.2) is 71.9 Å². The summed E-state index contributed by atoms with van der Waals surface area (Å²) in [7, 11) is -4.76. The lowest BCUT2D eigenvalue weighted by molar-refractivity contribution is 0.353. The van der Waals surface area contributed by atoms with Crippen LogP contribution in [0.25, 0.3) is 16.1 Å². The Balaban J connectivity index is 1.26. The standard InChI is InChI=1S/C33H31F3N8O2S2/c1-19(2)32-42-29(21-6-8-23(34)27(16-21)43-48(45,46)31-24(35)4-3-5-25(31)36)30(47-32)26-10-13-38-33(41-26)40-22-7-9-28(39-18-22)44-14-11-20(17-37)12-15-44/h3-10,13,16,18-20,23,27,43H,11-12,14-15H2,1-2H3,(H,38,40,41). The maximum Gasteiger partial charge on any atom is 0.247 e.